The molecular weight excluding hydrogens is 468 g/mol. The van der Waals surface area contributed by atoms with Crippen molar-refractivity contribution in [1.82, 2.24) is 5.32 Å². The third-order valence-electron chi connectivity index (χ3n) is 5.33. The van der Waals surface area contributed by atoms with Crippen molar-refractivity contribution < 1.29 is 23.8 Å². The van der Waals surface area contributed by atoms with Crippen molar-refractivity contribution in [2.75, 3.05) is 13.2 Å². The molecule has 7 nitrogen and oxygen atoms in total. The maximum Gasteiger partial charge on any atom is 0.337 e. The predicted octanol–water partition coefficient (Wildman–Crippen LogP) is 5.02. The van der Waals surface area contributed by atoms with Crippen LogP contribution in [0, 0.1) is 11.3 Å². The van der Waals surface area contributed by atoms with Gasteiger partial charge in [-0.1, -0.05) is 41.9 Å². The number of carbonyl (C=O) groups excluding carboxylic acids is 2. The molecule has 182 valence electrons. The van der Waals surface area contributed by atoms with E-state index in [-0.39, 0.29) is 41.1 Å². The highest BCUT2D eigenvalue weighted by molar-refractivity contribution is 6.32. The summed E-state index contributed by atoms with van der Waals surface area (Å²) in [6, 6.07) is 16.2. The van der Waals surface area contributed by atoms with E-state index in [1.54, 1.807) is 58.0 Å². The van der Waals surface area contributed by atoms with Gasteiger partial charge >= 0.3 is 11.9 Å². The first-order chi connectivity index (χ1) is 16.7. The van der Waals surface area contributed by atoms with Crippen LogP contribution >= 0.6 is 11.6 Å². The molecule has 0 saturated carbocycles. The molecule has 0 bridgehead atoms. The Labute approximate surface area is 209 Å². The zero-order chi connectivity index (χ0) is 25.5. The summed E-state index contributed by atoms with van der Waals surface area (Å²) in [4.78, 5) is 26.4. The molecule has 0 amide bonds. The highest BCUT2D eigenvalue weighted by Crippen LogP contribution is 2.42. The molecule has 1 heterocycles. The number of dihydropyridines is 1. The number of esters is 2. The maximum absolute atomic E-state index is 13.3. The Morgan fingerprint density at radius 3 is 2.29 bits per heavy atom. The number of halogens is 1. The molecule has 0 spiro atoms. The lowest BCUT2D eigenvalue weighted by atomic mass is 9.80. The number of nitrogens with zero attached hydrogens (tertiary/aromatic N) is 1. The van der Waals surface area contributed by atoms with Gasteiger partial charge in [-0.3, -0.25) is 0 Å². The molecule has 2 aromatic carbocycles. The van der Waals surface area contributed by atoms with Gasteiger partial charge in [-0.2, -0.15) is 5.26 Å². The van der Waals surface area contributed by atoms with Crippen LogP contribution in [0.25, 0.3) is 0 Å². The molecule has 1 atom stereocenters. The van der Waals surface area contributed by atoms with Crippen LogP contribution in [0.15, 0.2) is 71.1 Å². The van der Waals surface area contributed by atoms with Gasteiger partial charge in [-0.25, -0.2) is 9.59 Å². The van der Waals surface area contributed by atoms with Gasteiger partial charge in [-0.15, -0.1) is 0 Å². The lowest BCUT2D eigenvalue weighted by Crippen LogP contribution is -2.33. The number of nitrogens with one attached hydrogen (secondary N) is 1. The third-order valence-corrected chi connectivity index (χ3v) is 5.75. The van der Waals surface area contributed by atoms with E-state index in [0.29, 0.717) is 22.7 Å². The van der Waals surface area contributed by atoms with Gasteiger partial charge in [0.05, 0.1) is 33.8 Å². The molecule has 1 aliphatic rings. The molecule has 1 N–H and O–H groups in total. The minimum atomic E-state index is -0.883. The molecule has 8 heteroatoms. The topological polar surface area (TPSA) is 97.7 Å². The Morgan fingerprint density at radius 1 is 1.00 bits per heavy atom. The Morgan fingerprint density at radius 2 is 1.66 bits per heavy atom. The van der Waals surface area contributed by atoms with Gasteiger partial charge in [0.2, 0.25) is 0 Å². The van der Waals surface area contributed by atoms with E-state index in [1.807, 2.05) is 24.3 Å². The first kappa shape index (κ1) is 25.9. The number of hydrogen-bond acceptors (Lipinski definition) is 7. The Hall–Kier alpha value is -3.76. The van der Waals surface area contributed by atoms with Gasteiger partial charge < -0.3 is 19.5 Å². The highest BCUT2D eigenvalue weighted by atomic mass is 35.5. The summed E-state index contributed by atoms with van der Waals surface area (Å²) in [5.74, 6) is -1.43. The molecule has 1 unspecified atom stereocenters. The third kappa shape index (κ3) is 6.03. The number of allylic oxidation sites excluding steroid dienone is 2. The Kier molecular flexibility index (Phi) is 8.56. The van der Waals surface area contributed by atoms with Gasteiger partial charge in [-0.05, 0) is 51.5 Å². The monoisotopic (exact) mass is 494 g/mol. The molecule has 0 saturated heterocycles. The smallest absolute Gasteiger partial charge is 0.337 e. The van der Waals surface area contributed by atoms with Crippen molar-refractivity contribution in [2.24, 2.45) is 0 Å². The van der Waals surface area contributed by atoms with Crippen molar-refractivity contribution in [1.29, 1.82) is 5.26 Å². The van der Waals surface area contributed by atoms with E-state index >= 15 is 0 Å². The Balaban J connectivity index is 1.94. The number of benzene rings is 2. The van der Waals surface area contributed by atoms with Crippen molar-refractivity contribution in [3.63, 3.8) is 0 Å². The summed E-state index contributed by atoms with van der Waals surface area (Å²) in [5.41, 5.74) is 2.16. The molecule has 0 aliphatic carbocycles. The number of hydrogen-bond donors (Lipinski definition) is 1. The lowest BCUT2D eigenvalue weighted by Gasteiger charge is -2.31. The van der Waals surface area contributed by atoms with Crippen LogP contribution < -0.4 is 10.1 Å². The summed E-state index contributed by atoms with van der Waals surface area (Å²) < 4.78 is 16.6. The molecule has 3 rings (SSSR count). The van der Waals surface area contributed by atoms with Crippen molar-refractivity contribution in [3.8, 4) is 11.8 Å². The molecule has 0 aromatic heterocycles. The minimum absolute atomic E-state index is 0.00232. The van der Waals surface area contributed by atoms with Gasteiger partial charge in [0, 0.05) is 11.4 Å². The molecular formula is C27H27ClN2O5. The zero-order valence-corrected chi connectivity index (χ0v) is 20.8. The van der Waals surface area contributed by atoms with E-state index in [4.69, 9.17) is 25.8 Å². The standard InChI is InChI=1S/C27H27ClN2O5/c1-16(2)35-27(32)23-18(4)30-17(3)22(24(23)21-12-8-9-19(15-29)25(21)28)26(31)34-14-13-33-20-10-6-5-7-11-20/h5-12,16,24,30H,13-14H2,1-4H3. The fourth-order valence-corrected chi connectivity index (χ4v) is 4.15. The zero-order valence-electron chi connectivity index (χ0n) is 20.1. The van der Waals surface area contributed by atoms with Crippen LogP contribution in [0.2, 0.25) is 5.02 Å². The largest absolute Gasteiger partial charge is 0.490 e. The maximum atomic E-state index is 13.3. The van der Waals surface area contributed by atoms with Crippen LogP contribution in [0.4, 0.5) is 0 Å². The SMILES string of the molecule is CC1=C(C(=O)OCCOc2ccccc2)C(c2cccc(C#N)c2Cl)C(C(=O)OC(C)C)=C(C)N1. The molecule has 0 radical (unpaired) electrons. The summed E-state index contributed by atoms with van der Waals surface area (Å²) >= 11 is 6.57. The Bertz CT molecular complexity index is 1210. The second-order valence-corrected chi connectivity index (χ2v) is 8.59. The first-order valence-electron chi connectivity index (χ1n) is 11.2. The van der Waals surface area contributed by atoms with E-state index in [2.05, 4.69) is 5.32 Å². The summed E-state index contributed by atoms with van der Waals surface area (Å²) in [6.45, 7) is 7.09. The molecule has 1 aliphatic heterocycles. The van der Waals surface area contributed by atoms with Gasteiger partial charge in [0.25, 0.3) is 0 Å². The summed E-state index contributed by atoms with van der Waals surface area (Å²) in [7, 11) is 0. The van der Waals surface area contributed by atoms with Crippen molar-refractivity contribution >= 4 is 23.5 Å². The van der Waals surface area contributed by atoms with Gasteiger partial charge in [0.1, 0.15) is 25.0 Å². The quantitative estimate of drug-likeness (QED) is 0.406. The van der Waals surface area contributed by atoms with Gasteiger partial charge in [0.15, 0.2) is 0 Å². The van der Waals surface area contributed by atoms with Crippen molar-refractivity contribution in [3.05, 3.63) is 87.2 Å². The second-order valence-electron chi connectivity index (χ2n) is 8.21. The predicted molar refractivity (Wildman–Crippen MR) is 132 cm³/mol. The second kappa shape index (κ2) is 11.6. The molecule has 0 fully saturated rings. The molecule has 35 heavy (non-hydrogen) atoms. The number of rotatable bonds is 8. The van der Waals surface area contributed by atoms with Crippen molar-refractivity contribution in [2.45, 2.75) is 39.7 Å². The van der Waals surface area contributed by atoms with E-state index in [1.165, 1.54) is 0 Å². The van der Waals surface area contributed by atoms with E-state index in [0.717, 1.165) is 0 Å². The number of carbonyl (C=O) groups is 2. The average molecular weight is 495 g/mol. The normalized spacial score (nSPS) is 15.4. The summed E-state index contributed by atoms with van der Waals surface area (Å²) in [5, 5.41) is 12.7. The summed E-state index contributed by atoms with van der Waals surface area (Å²) in [6.07, 6.45) is -0.373. The average Bonchev–Trinajstić information content (AvgIpc) is 2.81. The number of ether oxygens (including phenoxy) is 3. The fraction of sp³-hybridized carbons (Fsp3) is 0.296. The highest BCUT2D eigenvalue weighted by Gasteiger charge is 2.39. The first-order valence-corrected chi connectivity index (χ1v) is 11.5. The van der Waals surface area contributed by atoms with Crippen LogP contribution in [-0.4, -0.2) is 31.3 Å². The number of para-hydroxylation sites is 1. The fourth-order valence-electron chi connectivity index (χ4n) is 3.87. The van der Waals surface area contributed by atoms with Crippen LogP contribution in [0.5, 0.6) is 5.75 Å². The molecule has 2 aromatic rings. The minimum Gasteiger partial charge on any atom is -0.490 e. The van der Waals surface area contributed by atoms with Crippen LogP contribution in [-0.2, 0) is 19.1 Å². The number of nitriles is 1. The van der Waals surface area contributed by atoms with E-state index in [9.17, 15) is 14.9 Å². The van der Waals surface area contributed by atoms with Crippen LogP contribution in [0.3, 0.4) is 0 Å². The van der Waals surface area contributed by atoms with E-state index < -0.39 is 17.9 Å². The lowest BCUT2D eigenvalue weighted by molar-refractivity contribution is -0.143. The van der Waals surface area contributed by atoms with Crippen LogP contribution in [0.1, 0.15) is 44.7 Å².